The molecule has 1 heterocycles. The van der Waals surface area contributed by atoms with E-state index in [1.807, 2.05) is 0 Å². The average molecular weight is 431 g/mol. The zero-order valence-electron chi connectivity index (χ0n) is 16.5. The molecule has 3 rings (SSSR count). The number of rotatable bonds is 7. The van der Waals surface area contributed by atoms with Gasteiger partial charge in [0.2, 0.25) is 21.7 Å². The molecule has 0 radical (unpaired) electrons. The van der Waals surface area contributed by atoms with Crippen molar-refractivity contribution < 1.29 is 22.6 Å². The molecule has 3 aromatic rings. The molecule has 0 spiro atoms. The molecular weight excluding hydrogens is 410 g/mol. The number of benzene rings is 2. The van der Waals surface area contributed by atoms with Gasteiger partial charge in [0.25, 0.3) is 0 Å². The molecule has 1 aromatic heterocycles. The number of nitrogen functional groups attached to an aromatic ring is 1. The van der Waals surface area contributed by atoms with Gasteiger partial charge in [-0.1, -0.05) is 0 Å². The molecule has 0 atom stereocenters. The molecule has 10 nitrogen and oxygen atoms in total. The number of anilines is 3. The summed E-state index contributed by atoms with van der Waals surface area (Å²) in [4.78, 5) is 8.65. The van der Waals surface area contributed by atoms with Crippen LogP contribution in [0.5, 0.6) is 17.2 Å². The van der Waals surface area contributed by atoms with Gasteiger partial charge in [0.05, 0.1) is 31.9 Å². The highest BCUT2D eigenvalue weighted by Crippen LogP contribution is 2.41. The summed E-state index contributed by atoms with van der Waals surface area (Å²) < 4.78 is 38.9. The lowest BCUT2D eigenvalue weighted by Crippen LogP contribution is -2.11. The minimum atomic E-state index is -3.77. The van der Waals surface area contributed by atoms with Crippen LogP contribution < -0.4 is 30.4 Å². The first kappa shape index (κ1) is 21.1. The van der Waals surface area contributed by atoms with Crippen molar-refractivity contribution in [3.05, 3.63) is 42.5 Å². The second-order valence-corrected chi connectivity index (χ2v) is 7.67. The van der Waals surface area contributed by atoms with E-state index in [1.54, 1.807) is 30.3 Å². The molecule has 0 bridgehead atoms. The fraction of sp³-hybridized carbons (Fsp3) is 0.158. The van der Waals surface area contributed by atoms with E-state index in [-0.39, 0.29) is 16.7 Å². The van der Waals surface area contributed by atoms with Crippen molar-refractivity contribution in [1.29, 1.82) is 0 Å². The van der Waals surface area contributed by atoms with Crippen LogP contribution in [-0.4, -0.2) is 39.7 Å². The third kappa shape index (κ3) is 4.53. The Labute approximate surface area is 173 Å². The van der Waals surface area contributed by atoms with Gasteiger partial charge in [-0.15, -0.1) is 0 Å². The Hall–Kier alpha value is -3.57. The molecule has 0 unspecified atom stereocenters. The predicted molar refractivity (Wildman–Crippen MR) is 113 cm³/mol. The number of primary sulfonamides is 1. The van der Waals surface area contributed by atoms with E-state index >= 15 is 0 Å². The number of nitrogens with two attached hydrogens (primary N) is 2. The van der Waals surface area contributed by atoms with Gasteiger partial charge in [0, 0.05) is 17.3 Å². The molecule has 5 N–H and O–H groups in total. The topological polar surface area (TPSA) is 152 Å². The van der Waals surface area contributed by atoms with Crippen LogP contribution >= 0.6 is 0 Å². The van der Waals surface area contributed by atoms with E-state index in [9.17, 15) is 8.42 Å². The smallest absolute Gasteiger partial charge is 0.238 e. The number of sulfonamides is 1. The van der Waals surface area contributed by atoms with E-state index in [2.05, 4.69) is 15.3 Å². The molecule has 0 aliphatic heterocycles. The molecule has 0 aliphatic carbocycles. The number of hydrogen-bond donors (Lipinski definition) is 3. The molecular formula is C19H21N5O5S. The summed E-state index contributed by atoms with van der Waals surface area (Å²) in [5, 5.41) is 8.10. The van der Waals surface area contributed by atoms with Crippen LogP contribution in [0.1, 0.15) is 0 Å². The Morgan fingerprint density at radius 2 is 1.50 bits per heavy atom. The summed E-state index contributed by atoms with van der Waals surface area (Å²) in [6, 6.07) is 10.9. The first-order valence-electron chi connectivity index (χ1n) is 8.60. The summed E-state index contributed by atoms with van der Waals surface area (Å²) in [6.07, 6.45) is 0. The Bertz CT molecular complexity index is 1140. The molecule has 0 amide bonds. The maximum Gasteiger partial charge on any atom is 0.238 e. The summed E-state index contributed by atoms with van der Waals surface area (Å²) >= 11 is 0. The minimum Gasteiger partial charge on any atom is -0.493 e. The van der Waals surface area contributed by atoms with Crippen LogP contribution in [0.2, 0.25) is 0 Å². The van der Waals surface area contributed by atoms with E-state index < -0.39 is 10.0 Å². The highest BCUT2D eigenvalue weighted by molar-refractivity contribution is 7.89. The largest absolute Gasteiger partial charge is 0.493 e. The van der Waals surface area contributed by atoms with Gasteiger partial charge in [-0.3, -0.25) is 0 Å². The van der Waals surface area contributed by atoms with Crippen LogP contribution in [0.4, 0.5) is 17.5 Å². The van der Waals surface area contributed by atoms with E-state index in [0.29, 0.717) is 34.2 Å². The highest BCUT2D eigenvalue weighted by Gasteiger charge is 2.16. The number of ether oxygens (including phenoxy) is 3. The van der Waals surface area contributed by atoms with Crippen molar-refractivity contribution in [2.24, 2.45) is 5.14 Å². The molecule has 0 saturated heterocycles. The number of nitrogens with one attached hydrogen (secondary N) is 1. The van der Waals surface area contributed by atoms with Crippen LogP contribution in [0.3, 0.4) is 0 Å². The normalized spacial score (nSPS) is 11.1. The minimum absolute atomic E-state index is 0.000319. The van der Waals surface area contributed by atoms with Gasteiger partial charge in [0.15, 0.2) is 11.5 Å². The summed E-state index contributed by atoms with van der Waals surface area (Å²) in [7, 11) is 0.789. The van der Waals surface area contributed by atoms with Crippen molar-refractivity contribution in [3.8, 4) is 28.5 Å². The van der Waals surface area contributed by atoms with Gasteiger partial charge < -0.3 is 25.3 Å². The quantitative estimate of drug-likeness (QED) is 0.511. The zero-order chi connectivity index (χ0) is 21.9. The second kappa shape index (κ2) is 8.43. The first-order valence-corrected chi connectivity index (χ1v) is 10.1. The molecule has 0 aliphatic rings. The van der Waals surface area contributed by atoms with Crippen molar-refractivity contribution in [2.75, 3.05) is 32.4 Å². The number of aromatic nitrogens is 2. The standard InChI is InChI=1S/C19H21N5O5S/c1-27-15-8-11(9-16(28-2)18(15)29-3)14-10-17(20)24-19(23-14)22-12-4-6-13(7-5-12)30(21,25)26/h4-10H,1-3H3,(H2,21,25,26)(H3,20,22,23,24). The van der Waals surface area contributed by atoms with E-state index in [0.717, 1.165) is 0 Å². The molecule has 158 valence electrons. The van der Waals surface area contributed by atoms with Gasteiger partial charge in [-0.2, -0.15) is 4.98 Å². The third-order valence-electron chi connectivity index (χ3n) is 4.15. The van der Waals surface area contributed by atoms with Crippen molar-refractivity contribution in [2.45, 2.75) is 4.90 Å². The van der Waals surface area contributed by atoms with Gasteiger partial charge >= 0.3 is 0 Å². The van der Waals surface area contributed by atoms with Crippen molar-refractivity contribution in [3.63, 3.8) is 0 Å². The van der Waals surface area contributed by atoms with Crippen molar-refractivity contribution in [1.82, 2.24) is 9.97 Å². The summed E-state index contributed by atoms with van der Waals surface area (Å²) in [6.45, 7) is 0. The van der Waals surface area contributed by atoms with E-state index in [1.165, 1.54) is 33.5 Å². The fourth-order valence-electron chi connectivity index (χ4n) is 2.76. The summed E-state index contributed by atoms with van der Waals surface area (Å²) in [5.74, 6) is 1.85. The van der Waals surface area contributed by atoms with Gasteiger partial charge in [-0.25, -0.2) is 18.5 Å². The average Bonchev–Trinajstić information content (AvgIpc) is 2.71. The predicted octanol–water partition coefficient (Wildman–Crippen LogP) is 2.14. The van der Waals surface area contributed by atoms with E-state index in [4.69, 9.17) is 25.1 Å². The number of methoxy groups -OCH3 is 3. The lowest BCUT2D eigenvalue weighted by molar-refractivity contribution is 0.324. The molecule has 30 heavy (non-hydrogen) atoms. The Morgan fingerprint density at radius 3 is 2.00 bits per heavy atom. The SMILES string of the molecule is COc1cc(-c2cc(N)nc(Nc3ccc(S(N)(=O)=O)cc3)n2)cc(OC)c1OC. The fourth-order valence-corrected chi connectivity index (χ4v) is 3.27. The highest BCUT2D eigenvalue weighted by atomic mass is 32.2. The van der Waals surface area contributed by atoms with Crippen LogP contribution in [0.15, 0.2) is 47.4 Å². The molecule has 0 saturated carbocycles. The van der Waals surface area contributed by atoms with Gasteiger partial charge in [0.1, 0.15) is 5.82 Å². The number of nitrogens with zero attached hydrogens (tertiary/aromatic N) is 2. The number of hydrogen-bond acceptors (Lipinski definition) is 9. The Morgan fingerprint density at radius 1 is 0.900 bits per heavy atom. The monoisotopic (exact) mass is 431 g/mol. The first-order chi connectivity index (χ1) is 14.2. The van der Waals surface area contributed by atoms with Crippen molar-refractivity contribution >= 4 is 27.5 Å². The van der Waals surface area contributed by atoms with Crippen LogP contribution in [0, 0.1) is 0 Å². The second-order valence-electron chi connectivity index (χ2n) is 6.11. The maximum absolute atomic E-state index is 11.4. The molecule has 0 fully saturated rings. The summed E-state index contributed by atoms with van der Waals surface area (Å²) in [5.41, 5.74) is 7.71. The van der Waals surface area contributed by atoms with Gasteiger partial charge in [-0.05, 0) is 36.4 Å². The lowest BCUT2D eigenvalue weighted by atomic mass is 10.1. The molecule has 11 heteroatoms. The maximum atomic E-state index is 11.4. The zero-order valence-corrected chi connectivity index (χ0v) is 17.4. The Kier molecular flexibility index (Phi) is 5.94. The van der Waals surface area contributed by atoms with Crippen LogP contribution in [-0.2, 0) is 10.0 Å². The lowest BCUT2D eigenvalue weighted by Gasteiger charge is -2.14. The molecule has 2 aromatic carbocycles. The van der Waals surface area contributed by atoms with Crippen LogP contribution in [0.25, 0.3) is 11.3 Å². The Balaban J connectivity index is 1.98. The third-order valence-corrected chi connectivity index (χ3v) is 5.07.